The highest BCUT2D eigenvalue weighted by molar-refractivity contribution is 5.93. The van der Waals surface area contributed by atoms with Gasteiger partial charge in [0.1, 0.15) is 5.75 Å². The molecule has 6 heteroatoms. The number of rotatable bonds is 5. The van der Waals surface area contributed by atoms with Gasteiger partial charge in [-0.1, -0.05) is 0 Å². The number of hydrogen-bond donors (Lipinski definition) is 1. The molecule has 0 radical (unpaired) electrons. The number of nitrogens with zero attached hydrogens (tertiary/aromatic N) is 2. The minimum Gasteiger partial charge on any atom is -0.497 e. The number of urea groups is 1. The number of methoxy groups -OCH3 is 1. The average Bonchev–Trinajstić information content (AvgIpc) is 3.02. The Morgan fingerprint density at radius 1 is 1.25 bits per heavy atom. The van der Waals surface area contributed by atoms with Crippen LogP contribution < -0.4 is 15.0 Å². The number of carbonyl (C=O) groups excluding carboxylic acids is 2. The van der Waals surface area contributed by atoms with E-state index in [-0.39, 0.29) is 11.9 Å². The van der Waals surface area contributed by atoms with Gasteiger partial charge in [0.2, 0.25) is 5.91 Å². The van der Waals surface area contributed by atoms with Gasteiger partial charge in [-0.15, -0.1) is 0 Å². The van der Waals surface area contributed by atoms with E-state index in [1.54, 1.807) is 12.0 Å². The second-order valence-electron chi connectivity index (χ2n) is 6.32. The van der Waals surface area contributed by atoms with Crippen molar-refractivity contribution >= 4 is 17.6 Å². The molecule has 0 atom stereocenters. The summed E-state index contributed by atoms with van der Waals surface area (Å²) in [5, 5.41) is 2.98. The Morgan fingerprint density at radius 2 is 2.08 bits per heavy atom. The third-order valence-electron chi connectivity index (χ3n) is 4.70. The molecule has 0 aliphatic carbocycles. The smallest absolute Gasteiger partial charge is 0.321 e. The van der Waals surface area contributed by atoms with Crippen LogP contribution in [-0.2, 0) is 11.2 Å². The van der Waals surface area contributed by atoms with E-state index in [1.807, 2.05) is 23.1 Å². The molecule has 1 aromatic carbocycles. The molecule has 0 aromatic heterocycles. The molecule has 1 fully saturated rings. The van der Waals surface area contributed by atoms with Crippen molar-refractivity contribution in [3.05, 3.63) is 23.8 Å². The Kier molecular flexibility index (Phi) is 5.23. The minimum absolute atomic E-state index is 0.0612. The maximum absolute atomic E-state index is 12.5. The molecule has 1 N–H and O–H groups in total. The van der Waals surface area contributed by atoms with Crippen LogP contribution in [0.2, 0.25) is 0 Å². The number of carbonyl (C=O) groups is 2. The van der Waals surface area contributed by atoms with Gasteiger partial charge in [-0.3, -0.25) is 9.69 Å². The van der Waals surface area contributed by atoms with Gasteiger partial charge >= 0.3 is 6.03 Å². The zero-order chi connectivity index (χ0) is 16.9. The quantitative estimate of drug-likeness (QED) is 0.841. The van der Waals surface area contributed by atoms with Gasteiger partial charge in [0, 0.05) is 38.3 Å². The molecule has 2 aliphatic rings. The van der Waals surface area contributed by atoms with E-state index < -0.39 is 0 Å². The molecular weight excluding hydrogens is 306 g/mol. The number of ether oxygens (including phenoxy) is 1. The average molecular weight is 331 g/mol. The molecule has 1 aromatic rings. The van der Waals surface area contributed by atoms with E-state index in [4.69, 9.17) is 4.74 Å². The molecule has 0 spiro atoms. The second-order valence-corrected chi connectivity index (χ2v) is 6.32. The van der Waals surface area contributed by atoms with Gasteiger partial charge in [0.25, 0.3) is 0 Å². The first-order valence-electron chi connectivity index (χ1n) is 8.69. The van der Waals surface area contributed by atoms with Crippen molar-refractivity contribution < 1.29 is 14.3 Å². The Hall–Kier alpha value is -2.24. The molecule has 24 heavy (non-hydrogen) atoms. The normalized spacial score (nSPS) is 17.0. The molecule has 0 bridgehead atoms. The predicted molar refractivity (Wildman–Crippen MR) is 92.5 cm³/mol. The number of anilines is 1. The van der Waals surface area contributed by atoms with Crippen molar-refractivity contribution in [2.24, 2.45) is 0 Å². The predicted octanol–water partition coefficient (Wildman–Crippen LogP) is 2.17. The largest absolute Gasteiger partial charge is 0.497 e. The minimum atomic E-state index is -0.0612. The summed E-state index contributed by atoms with van der Waals surface area (Å²) in [4.78, 5) is 27.7. The van der Waals surface area contributed by atoms with Gasteiger partial charge in [-0.05, 0) is 49.4 Å². The Morgan fingerprint density at radius 3 is 2.83 bits per heavy atom. The third-order valence-corrected chi connectivity index (χ3v) is 4.70. The van der Waals surface area contributed by atoms with E-state index in [2.05, 4.69) is 5.32 Å². The van der Waals surface area contributed by atoms with Crippen LogP contribution in [0.5, 0.6) is 5.75 Å². The summed E-state index contributed by atoms with van der Waals surface area (Å²) in [6.45, 7) is 2.90. The topological polar surface area (TPSA) is 61.9 Å². The van der Waals surface area contributed by atoms with Crippen LogP contribution in [0.1, 0.15) is 31.2 Å². The van der Waals surface area contributed by atoms with Gasteiger partial charge < -0.3 is 15.0 Å². The highest BCUT2D eigenvalue weighted by Crippen LogP contribution is 2.30. The monoisotopic (exact) mass is 331 g/mol. The number of nitrogens with one attached hydrogen (secondary N) is 1. The SMILES string of the molecule is COc1ccc2c(c1)CCCN2C(=O)NCCCN1CCCC1=O. The van der Waals surface area contributed by atoms with Crippen molar-refractivity contribution in [3.63, 3.8) is 0 Å². The van der Waals surface area contributed by atoms with Gasteiger partial charge in [-0.2, -0.15) is 0 Å². The van der Waals surface area contributed by atoms with Crippen LogP contribution in [0.25, 0.3) is 0 Å². The molecule has 6 nitrogen and oxygen atoms in total. The lowest BCUT2D eigenvalue weighted by molar-refractivity contribution is -0.127. The van der Waals surface area contributed by atoms with Crippen LogP contribution in [-0.4, -0.2) is 50.1 Å². The van der Waals surface area contributed by atoms with Crippen LogP contribution >= 0.6 is 0 Å². The highest BCUT2D eigenvalue weighted by atomic mass is 16.5. The maximum Gasteiger partial charge on any atom is 0.321 e. The van der Waals surface area contributed by atoms with Crippen molar-refractivity contribution in [2.75, 3.05) is 38.2 Å². The lowest BCUT2D eigenvalue weighted by atomic mass is 10.0. The fraction of sp³-hybridized carbons (Fsp3) is 0.556. The van der Waals surface area contributed by atoms with Crippen molar-refractivity contribution in [3.8, 4) is 5.75 Å². The van der Waals surface area contributed by atoms with E-state index in [0.29, 0.717) is 13.0 Å². The molecule has 1 saturated heterocycles. The summed E-state index contributed by atoms with van der Waals surface area (Å²) in [5.41, 5.74) is 2.12. The van der Waals surface area contributed by atoms with E-state index in [0.717, 1.165) is 62.3 Å². The first kappa shape index (κ1) is 16.6. The lowest BCUT2D eigenvalue weighted by Gasteiger charge is -2.30. The molecule has 3 rings (SSSR count). The zero-order valence-electron chi connectivity index (χ0n) is 14.2. The molecule has 130 valence electrons. The molecule has 0 saturated carbocycles. The number of likely N-dealkylation sites (tertiary alicyclic amines) is 1. The summed E-state index contributed by atoms with van der Waals surface area (Å²) >= 11 is 0. The molecule has 2 aliphatic heterocycles. The highest BCUT2D eigenvalue weighted by Gasteiger charge is 2.23. The van der Waals surface area contributed by atoms with Gasteiger partial charge in [0.15, 0.2) is 0 Å². The zero-order valence-corrected chi connectivity index (χ0v) is 14.2. The molecular formula is C18H25N3O3. The maximum atomic E-state index is 12.5. The fourth-order valence-corrected chi connectivity index (χ4v) is 3.41. The summed E-state index contributed by atoms with van der Waals surface area (Å²) < 4.78 is 5.26. The number of benzene rings is 1. The van der Waals surface area contributed by atoms with E-state index >= 15 is 0 Å². The van der Waals surface area contributed by atoms with E-state index in [9.17, 15) is 9.59 Å². The second kappa shape index (κ2) is 7.55. The summed E-state index contributed by atoms with van der Waals surface area (Å²) in [6, 6.07) is 5.79. The number of aryl methyl sites for hydroxylation is 1. The number of fused-ring (bicyclic) bond motifs is 1. The molecule has 0 unspecified atom stereocenters. The summed E-state index contributed by atoms with van der Waals surface area (Å²) in [7, 11) is 1.65. The third kappa shape index (κ3) is 3.63. The number of amides is 3. The van der Waals surface area contributed by atoms with Crippen LogP contribution in [0.3, 0.4) is 0 Å². The standard InChI is InChI=1S/C18H25N3O3/c1-24-15-7-8-16-14(13-15)5-2-12-21(16)18(23)19-9-4-11-20-10-3-6-17(20)22/h7-8,13H,2-6,9-12H2,1H3,(H,19,23). The van der Waals surface area contributed by atoms with Crippen molar-refractivity contribution in [1.29, 1.82) is 0 Å². The Balaban J connectivity index is 1.51. The van der Waals surface area contributed by atoms with Gasteiger partial charge in [0.05, 0.1) is 7.11 Å². The first-order chi connectivity index (χ1) is 11.7. The van der Waals surface area contributed by atoms with Crippen LogP contribution in [0, 0.1) is 0 Å². The van der Waals surface area contributed by atoms with Gasteiger partial charge in [-0.25, -0.2) is 4.79 Å². The van der Waals surface area contributed by atoms with Crippen LogP contribution in [0.4, 0.5) is 10.5 Å². The molecule has 2 heterocycles. The Labute approximate surface area is 142 Å². The Bertz CT molecular complexity index is 618. The number of hydrogen-bond acceptors (Lipinski definition) is 3. The van der Waals surface area contributed by atoms with Crippen LogP contribution in [0.15, 0.2) is 18.2 Å². The summed E-state index contributed by atoms with van der Waals surface area (Å²) in [5.74, 6) is 1.06. The molecule has 3 amide bonds. The summed E-state index contributed by atoms with van der Waals surface area (Å²) in [6.07, 6.45) is 4.34. The first-order valence-corrected chi connectivity index (χ1v) is 8.69. The van der Waals surface area contributed by atoms with E-state index in [1.165, 1.54) is 0 Å². The lowest BCUT2D eigenvalue weighted by Crippen LogP contribution is -2.43. The fourth-order valence-electron chi connectivity index (χ4n) is 3.41. The van der Waals surface area contributed by atoms with Crippen molar-refractivity contribution in [2.45, 2.75) is 32.1 Å². The van der Waals surface area contributed by atoms with Crippen molar-refractivity contribution in [1.82, 2.24) is 10.2 Å².